The standard InChI is InChI=1S/C14H24N4O/c1-3-5-15-8-12-9-17-14(10-16-12)18-6-7-19-13(4-2)11-18/h9-10,13,15H,3-8,11H2,1-2H3. The van der Waals surface area contributed by atoms with E-state index in [9.17, 15) is 0 Å². The molecular weight excluding hydrogens is 240 g/mol. The van der Waals surface area contributed by atoms with Gasteiger partial charge in [-0.1, -0.05) is 13.8 Å². The van der Waals surface area contributed by atoms with Crippen molar-refractivity contribution in [3.05, 3.63) is 18.1 Å². The first-order valence-corrected chi connectivity index (χ1v) is 7.21. The minimum atomic E-state index is 0.321. The number of rotatable bonds is 6. The highest BCUT2D eigenvalue weighted by Gasteiger charge is 2.20. The molecule has 19 heavy (non-hydrogen) atoms. The molecule has 1 N–H and O–H groups in total. The van der Waals surface area contributed by atoms with Crippen LogP contribution in [0.4, 0.5) is 5.82 Å². The van der Waals surface area contributed by atoms with Crippen LogP contribution in [-0.4, -0.2) is 42.3 Å². The maximum Gasteiger partial charge on any atom is 0.147 e. The van der Waals surface area contributed by atoms with E-state index in [0.717, 1.165) is 57.1 Å². The number of hydrogen-bond acceptors (Lipinski definition) is 5. The SMILES string of the molecule is CCCNCc1cnc(N2CCOC(CC)C2)cn1. The van der Waals surface area contributed by atoms with Gasteiger partial charge in [-0.2, -0.15) is 0 Å². The molecule has 5 heteroatoms. The van der Waals surface area contributed by atoms with Crippen LogP contribution in [-0.2, 0) is 11.3 Å². The van der Waals surface area contributed by atoms with E-state index in [2.05, 4.69) is 34.0 Å². The monoisotopic (exact) mass is 264 g/mol. The summed E-state index contributed by atoms with van der Waals surface area (Å²) in [5, 5.41) is 3.33. The van der Waals surface area contributed by atoms with E-state index in [4.69, 9.17) is 4.74 Å². The summed E-state index contributed by atoms with van der Waals surface area (Å²) in [6.07, 6.45) is 6.25. The largest absolute Gasteiger partial charge is 0.375 e. The number of morpholine rings is 1. The number of nitrogens with zero attached hydrogens (tertiary/aromatic N) is 3. The minimum absolute atomic E-state index is 0.321. The first-order valence-electron chi connectivity index (χ1n) is 7.21. The second kappa shape index (κ2) is 7.40. The van der Waals surface area contributed by atoms with Crippen LogP contribution in [0.2, 0.25) is 0 Å². The molecule has 0 spiro atoms. The Bertz CT molecular complexity index is 368. The van der Waals surface area contributed by atoms with Gasteiger partial charge in [0.15, 0.2) is 0 Å². The Labute approximate surface area is 115 Å². The Hall–Kier alpha value is -1.20. The highest BCUT2D eigenvalue weighted by atomic mass is 16.5. The predicted molar refractivity (Wildman–Crippen MR) is 76.3 cm³/mol. The Morgan fingerprint density at radius 3 is 2.95 bits per heavy atom. The third-order valence-electron chi connectivity index (χ3n) is 3.34. The zero-order valence-corrected chi connectivity index (χ0v) is 11.9. The summed E-state index contributed by atoms with van der Waals surface area (Å²) >= 11 is 0. The third-order valence-corrected chi connectivity index (χ3v) is 3.34. The molecule has 0 radical (unpaired) electrons. The quantitative estimate of drug-likeness (QED) is 0.791. The number of ether oxygens (including phenoxy) is 1. The molecule has 1 aromatic heterocycles. The Balaban J connectivity index is 1.90. The van der Waals surface area contributed by atoms with Gasteiger partial charge in [-0.25, -0.2) is 4.98 Å². The smallest absolute Gasteiger partial charge is 0.147 e. The van der Waals surface area contributed by atoms with Crippen LogP contribution >= 0.6 is 0 Å². The fourth-order valence-corrected chi connectivity index (χ4v) is 2.17. The maximum absolute atomic E-state index is 5.67. The van der Waals surface area contributed by atoms with Gasteiger partial charge in [0.05, 0.1) is 30.8 Å². The zero-order chi connectivity index (χ0) is 13.5. The van der Waals surface area contributed by atoms with Gasteiger partial charge in [-0.05, 0) is 19.4 Å². The lowest BCUT2D eigenvalue weighted by molar-refractivity contribution is 0.0381. The lowest BCUT2D eigenvalue weighted by Crippen LogP contribution is -2.42. The van der Waals surface area contributed by atoms with Gasteiger partial charge < -0.3 is 15.0 Å². The lowest BCUT2D eigenvalue weighted by Gasteiger charge is -2.33. The van der Waals surface area contributed by atoms with Crippen molar-refractivity contribution in [3.63, 3.8) is 0 Å². The van der Waals surface area contributed by atoms with E-state index < -0.39 is 0 Å². The number of anilines is 1. The molecular formula is C14H24N4O. The molecule has 2 rings (SSSR count). The molecule has 0 saturated carbocycles. The summed E-state index contributed by atoms with van der Waals surface area (Å²) < 4.78 is 5.67. The molecule has 5 nitrogen and oxygen atoms in total. The van der Waals surface area contributed by atoms with Crippen LogP contribution in [0.15, 0.2) is 12.4 Å². The van der Waals surface area contributed by atoms with Crippen LogP contribution < -0.4 is 10.2 Å². The van der Waals surface area contributed by atoms with Crippen LogP contribution in [0.3, 0.4) is 0 Å². The number of hydrogen-bond donors (Lipinski definition) is 1. The molecule has 0 aromatic carbocycles. The van der Waals surface area contributed by atoms with E-state index in [1.165, 1.54) is 0 Å². The van der Waals surface area contributed by atoms with E-state index in [-0.39, 0.29) is 0 Å². The molecule has 1 fully saturated rings. The zero-order valence-electron chi connectivity index (χ0n) is 11.9. The third kappa shape index (κ3) is 4.14. The van der Waals surface area contributed by atoms with Crippen LogP contribution in [0.1, 0.15) is 32.4 Å². The normalized spacial score (nSPS) is 19.7. The molecule has 106 valence electrons. The molecule has 0 amide bonds. The average Bonchev–Trinajstić information content (AvgIpc) is 2.48. The van der Waals surface area contributed by atoms with E-state index in [0.29, 0.717) is 6.10 Å². The number of aromatic nitrogens is 2. The molecule has 1 aromatic rings. The van der Waals surface area contributed by atoms with Crippen molar-refractivity contribution in [2.24, 2.45) is 0 Å². The van der Waals surface area contributed by atoms with Crippen molar-refractivity contribution in [2.45, 2.75) is 39.3 Å². The second-order valence-electron chi connectivity index (χ2n) is 4.89. The van der Waals surface area contributed by atoms with Crippen LogP contribution in [0.5, 0.6) is 0 Å². The molecule has 2 heterocycles. The molecule has 1 saturated heterocycles. The molecule has 1 aliphatic heterocycles. The average molecular weight is 264 g/mol. The van der Waals surface area contributed by atoms with Gasteiger partial charge in [-0.3, -0.25) is 4.98 Å². The second-order valence-corrected chi connectivity index (χ2v) is 4.89. The molecule has 1 atom stereocenters. The minimum Gasteiger partial charge on any atom is -0.375 e. The topological polar surface area (TPSA) is 50.3 Å². The Morgan fingerprint density at radius 1 is 1.37 bits per heavy atom. The highest BCUT2D eigenvalue weighted by Crippen LogP contribution is 2.15. The van der Waals surface area contributed by atoms with Crippen molar-refractivity contribution in [2.75, 3.05) is 31.1 Å². The summed E-state index contributed by atoms with van der Waals surface area (Å²) in [7, 11) is 0. The summed E-state index contributed by atoms with van der Waals surface area (Å²) in [5.41, 5.74) is 0.998. The summed E-state index contributed by atoms with van der Waals surface area (Å²) in [6, 6.07) is 0. The first kappa shape index (κ1) is 14.2. The Morgan fingerprint density at radius 2 is 2.26 bits per heavy atom. The van der Waals surface area contributed by atoms with Gasteiger partial charge in [0.2, 0.25) is 0 Å². The maximum atomic E-state index is 5.67. The van der Waals surface area contributed by atoms with E-state index in [1.54, 1.807) is 0 Å². The highest BCUT2D eigenvalue weighted by molar-refractivity contribution is 5.36. The molecule has 0 aliphatic carbocycles. The van der Waals surface area contributed by atoms with Crippen molar-refractivity contribution in [3.8, 4) is 0 Å². The van der Waals surface area contributed by atoms with Gasteiger partial charge in [0.25, 0.3) is 0 Å². The fourth-order valence-electron chi connectivity index (χ4n) is 2.17. The number of nitrogens with one attached hydrogen (secondary N) is 1. The van der Waals surface area contributed by atoms with Gasteiger partial charge >= 0.3 is 0 Å². The van der Waals surface area contributed by atoms with Gasteiger partial charge in [-0.15, -0.1) is 0 Å². The molecule has 0 bridgehead atoms. The Kier molecular flexibility index (Phi) is 5.54. The van der Waals surface area contributed by atoms with Crippen molar-refractivity contribution in [1.29, 1.82) is 0 Å². The van der Waals surface area contributed by atoms with Crippen LogP contribution in [0.25, 0.3) is 0 Å². The van der Waals surface area contributed by atoms with E-state index in [1.807, 2.05) is 12.4 Å². The van der Waals surface area contributed by atoms with E-state index >= 15 is 0 Å². The van der Waals surface area contributed by atoms with Crippen molar-refractivity contribution < 1.29 is 4.74 Å². The lowest BCUT2D eigenvalue weighted by atomic mass is 10.2. The summed E-state index contributed by atoms with van der Waals surface area (Å²) in [5.74, 6) is 0.959. The van der Waals surface area contributed by atoms with Gasteiger partial charge in [0, 0.05) is 19.6 Å². The molecule has 1 aliphatic rings. The van der Waals surface area contributed by atoms with Crippen LogP contribution in [0, 0.1) is 0 Å². The van der Waals surface area contributed by atoms with Gasteiger partial charge in [0.1, 0.15) is 5.82 Å². The first-order chi connectivity index (χ1) is 9.33. The van der Waals surface area contributed by atoms with Crippen molar-refractivity contribution >= 4 is 5.82 Å². The summed E-state index contributed by atoms with van der Waals surface area (Å²) in [6.45, 7) is 8.72. The fraction of sp³-hybridized carbons (Fsp3) is 0.714. The predicted octanol–water partition coefficient (Wildman–Crippen LogP) is 1.59. The molecule has 1 unspecified atom stereocenters. The van der Waals surface area contributed by atoms with Crippen molar-refractivity contribution in [1.82, 2.24) is 15.3 Å². The summed E-state index contributed by atoms with van der Waals surface area (Å²) in [4.78, 5) is 11.2.